The van der Waals surface area contributed by atoms with Gasteiger partial charge in [-0.1, -0.05) is 37.3 Å². The summed E-state index contributed by atoms with van der Waals surface area (Å²) in [6.07, 6.45) is 1.02. The van der Waals surface area contributed by atoms with E-state index >= 15 is 0 Å². The predicted molar refractivity (Wildman–Crippen MR) is 71.3 cm³/mol. The number of nitrogens with one attached hydrogen (secondary N) is 1. The molecule has 0 aromatic heterocycles. The maximum absolute atomic E-state index is 9.38. The molecule has 0 spiro atoms. The molecule has 0 amide bonds. The van der Waals surface area contributed by atoms with Gasteiger partial charge in [0.15, 0.2) is 0 Å². The van der Waals surface area contributed by atoms with Gasteiger partial charge in [0.2, 0.25) is 0 Å². The van der Waals surface area contributed by atoms with Gasteiger partial charge in [-0.25, -0.2) is 0 Å². The first-order valence-corrected chi connectivity index (χ1v) is 5.89. The van der Waals surface area contributed by atoms with Gasteiger partial charge >= 0.3 is 0 Å². The van der Waals surface area contributed by atoms with Crippen LogP contribution >= 0.6 is 0 Å². The van der Waals surface area contributed by atoms with Gasteiger partial charge in [0.05, 0.1) is 0 Å². The standard InChI is InChI=1S/C15H17NO/c1-2-13-7-3-4-9-15(13)16-11-12-6-5-8-14(17)10-12/h3-10,16-17H,2,11H2,1H3. The monoisotopic (exact) mass is 227 g/mol. The van der Waals surface area contributed by atoms with Crippen LogP contribution in [0.3, 0.4) is 0 Å². The van der Waals surface area contributed by atoms with E-state index in [0.717, 1.165) is 18.5 Å². The molecule has 0 aliphatic heterocycles. The highest BCUT2D eigenvalue weighted by Gasteiger charge is 1.99. The van der Waals surface area contributed by atoms with Crippen LogP contribution in [0.25, 0.3) is 0 Å². The first-order valence-electron chi connectivity index (χ1n) is 5.89. The van der Waals surface area contributed by atoms with Gasteiger partial charge in [0, 0.05) is 12.2 Å². The Balaban J connectivity index is 2.07. The Bertz CT molecular complexity index is 494. The first-order chi connectivity index (χ1) is 8.29. The minimum atomic E-state index is 0.313. The van der Waals surface area contributed by atoms with Crippen LogP contribution in [0.15, 0.2) is 48.5 Å². The average Bonchev–Trinajstić information content (AvgIpc) is 2.37. The summed E-state index contributed by atoms with van der Waals surface area (Å²) < 4.78 is 0. The minimum absolute atomic E-state index is 0.313. The summed E-state index contributed by atoms with van der Waals surface area (Å²) in [4.78, 5) is 0. The lowest BCUT2D eigenvalue weighted by Gasteiger charge is -2.10. The van der Waals surface area contributed by atoms with E-state index in [2.05, 4.69) is 30.4 Å². The smallest absolute Gasteiger partial charge is 0.115 e. The average molecular weight is 227 g/mol. The lowest BCUT2D eigenvalue weighted by Crippen LogP contribution is -2.01. The van der Waals surface area contributed by atoms with Crippen LogP contribution in [-0.4, -0.2) is 5.11 Å². The van der Waals surface area contributed by atoms with E-state index in [-0.39, 0.29) is 0 Å². The van der Waals surface area contributed by atoms with Crippen molar-refractivity contribution in [3.05, 3.63) is 59.7 Å². The lowest BCUT2D eigenvalue weighted by molar-refractivity contribution is 0.474. The second-order valence-corrected chi connectivity index (χ2v) is 4.03. The van der Waals surface area contributed by atoms with Crippen LogP contribution in [0.5, 0.6) is 5.75 Å². The number of hydrogen-bond acceptors (Lipinski definition) is 2. The Labute approximate surface area is 102 Å². The first kappa shape index (κ1) is 11.5. The number of benzene rings is 2. The molecular formula is C15H17NO. The third-order valence-electron chi connectivity index (χ3n) is 2.79. The highest BCUT2D eigenvalue weighted by atomic mass is 16.3. The minimum Gasteiger partial charge on any atom is -0.508 e. The molecule has 0 unspecified atom stereocenters. The van der Waals surface area contributed by atoms with E-state index in [1.807, 2.05) is 18.2 Å². The number of hydrogen-bond donors (Lipinski definition) is 2. The van der Waals surface area contributed by atoms with Crippen molar-refractivity contribution in [1.29, 1.82) is 0 Å². The van der Waals surface area contributed by atoms with Crippen LogP contribution in [0, 0.1) is 0 Å². The molecule has 0 aliphatic carbocycles. The van der Waals surface area contributed by atoms with Crippen LogP contribution in [0.1, 0.15) is 18.1 Å². The zero-order valence-electron chi connectivity index (χ0n) is 9.98. The van der Waals surface area contributed by atoms with E-state index < -0.39 is 0 Å². The van der Waals surface area contributed by atoms with Crippen molar-refractivity contribution >= 4 is 5.69 Å². The maximum atomic E-state index is 9.38. The molecule has 2 aromatic carbocycles. The number of para-hydroxylation sites is 1. The Morgan fingerprint density at radius 3 is 2.65 bits per heavy atom. The SMILES string of the molecule is CCc1ccccc1NCc1cccc(O)c1. The number of aromatic hydroxyl groups is 1. The number of anilines is 1. The van der Waals surface area contributed by atoms with Crippen molar-refractivity contribution in [2.75, 3.05) is 5.32 Å². The summed E-state index contributed by atoms with van der Waals surface area (Å²) in [6, 6.07) is 15.6. The molecule has 17 heavy (non-hydrogen) atoms. The molecule has 2 nitrogen and oxygen atoms in total. The van der Waals surface area contributed by atoms with E-state index in [1.165, 1.54) is 11.3 Å². The quantitative estimate of drug-likeness (QED) is 0.837. The number of phenolic OH excluding ortho intramolecular Hbond substituents is 1. The fourth-order valence-corrected chi connectivity index (χ4v) is 1.86. The molecule has 2 heteroatoms. The predicted octanol–water partition coefficient (Wildman–Crippen LogP) is 3.57. The Morgan fingerprint density at radius 2 is 1.88 bits per heavy atom. The number of rotatable bonds is 4. The molecule has 0 saturated carbocycles. The second-order valence-electron chi connectivity index (χ2n) is 4.03. The maximum Gasteiger partial charge on any atom is 0.115 e. The largest absolute Gasteiger partial charge is 0.508 e. The van der Waals surface area contributed by atoms with Crippen molar-refractivity contribution in [3.8, 4) is 5.75 Å². The van der Waals surface area contributed by atoms with Crippen LogP contribution in [-0.2, 0) is 13.0 Å². The van der Waals surface area contributed by atoms with Gasteiger partial charge in [-0.05, 0) is 35.7 Å². The molecule has 2 rings (SSSR count). The van der Waals surface area contributed by atoms with Crippen LogP contribution < -0.4 is 5.32 Å². The molecule has 0 bridgehead atoms. The summed E-state index contributed by atoms with van der Waals surface area (Å²) in [5.74, 6) is 0.313. The molecule has 0 atom stereocenters. The molecule has 2 aromatic rings. The van der Waals surface area contributed by atoms with Crippen molar-refractivity contribution in [2.45, 2.75) is 19.9 Å². The topological polar surface area (TPSA) is 32.3 Å². The molecule has 0 saturated heterocycles. The van der Waals surface area contributed by atoms with E-state index in [4.69, 9.17) is 0 Å². The highest BCUT2D eigenvalue weighted by molar-refractivity contribution is 5.51. The van der Waals surface area contributed by atoms with Crippen molar-refractivity contribution < 1.29 is 5.11 Å². The van der Waals surface area contributed by atoms with E-state index in [1.54, 1.807) is 12.1 Å². The summed E-state index contributed by atoms with van der Waals surface area (Å²) in [5, 5.41) is 12.8. The van der Waals surface area contributed by atoms with E-state index in [9.17, 15) is 5.11 Å². The van der Waals surface area contributed by atoms with Crippen molar-refractivity contribution in [1.82, 2.24) is 0 Å². The molecule has 2 N–H and O–H groups in total. The molecular weight excluding hydrogens is 210 g/mol. The van der Waals surface area contributed by atoms with Gasteiger partial charge in [-0.2, -0.15) is 0 Å². The Hall–Kier alpha value is -1.96. The highest BCUT2D eigenvalue weighted by Crippen LogP contribution is 2.17. The molecule has 0 radical (unpaired) electrons. The zero-order valence-corrected chi connectivity index (χ0v) is 9.98. The third kappa shape index (κ3) is 3.00. The van der Waals surface area contributed by atoms with Crippen molar-refractivity contribution in [3.63, 3.8) is 0 Å². The summed E-state index contributed by atoms with van der Waals surface area (Å²) >= 11 is 0. The molecule has 88 valence electrons. The lowest BCUT2D eigenvalue weighted by atomic mass is 10.1. The number of phenols is 1. The Morgan fingerprint density at radius 1 is 1.06 bits per heavy atom. The van der Waals surface area contributed by atoms with Crippen molar-refractivity contribution in [2.24, 2.45) is 0 Å². The van der Waals surface area contributed by atoms with Gasteiger partial charge < -0.3 is 10.4 Å². The van der Waals surface area contributed by atoms with Crippen LogP contribution in [0.2, 0.25) is 0 Å². The van der Waals surface area contributed by atoms with Gasteiger partial charge in [0.25, 0.3) is 0 Å². The van der Waals surface area contributed by atoms with Gasteiger partial charge in [0.1, 0.15) is 5.75 Å². The summed E-state index contributed by atoms with van der Waals surface area (Å²) in [5.41, 5.74) is 3.56. The molecule has 0 aliphatic rings. The zero-order chi connectivity index (χ0) is 12.1. The normalized spacial score (nSPS) is 10.2. The second kappa shape index (κ2) is 5.39. The molecule has 0 fully saturated rings. The Kier molecular flexibility index (Phi) is 3.66. The van der Waals surface area contributed by atoms with Gasteiger partial charge in [-0.15, -0.1) is 0 Å². The fourth-order valence-electron chi connectivity index (χ4n) is 1.86. The summed E-state index contributed by atoms with van der Waals surface area (Å²) in [7, 11) is 0. The number of aryl methyl sites for hydroxylation is 1. The van der Waals surface area contributed by atoms with E-state index in [0.29, 0.717) is 5.75 Å². The molecule has 0 heterocycles. The summed E-state index contributed by atoms with van der Waals surface area (Å²) in [6.45, 7) is 2.88. The van der Waals surface area contributed by atoms with Gasteiger partial charge in [-0.3, -0.25) is 0 Å². The van der Waals surface area contributed by atoms with Crippen LogP contribution in [0.4, 0.5) is 5.69 Å². The fraction of sp³-hybridized carbons (Fsp3) is 0.200. The third-order valence-corrected chi connectivity index (χ3v) is 2.79.